The molecule has 0 aliphatic carbocycles. The molecule has 0 spiro atoms. The van der Waals surface area contributed by atoms with Crippen LogP contribution in [0.15, 0.2) is 47.6 Å². The van der Waals surface area contributed by atoms with Gasteiger partial charge >= 0.3 is 0 Å². The van der Waals surface area contributed by atoms with Crippen molar-refractivity contribution in [3.63, 3.8) is 0 Å². The summed E-state index contributed by atoms with van der Waals surface area (Å²) in [5, 5.41) is 0. The van der Waals surface area contributed by atoms with Gasteiger partial charge in [-0.25, -0.2) is 9.97 Å². The Morgan fingerprint density at radius 3 is 2.65 bits per heavy atom. The van der Waals surface area contributed by atoms with Crippen molar-refractivity contribution in [1.82, 2.24) is 14.9 Å². The predicted octanol–water partition coefficient (Wildman–Crippen LogP) is 5.38. The summed E-state index contributed by atoms with van der Waals surface area (Å²) < 4.78 is 6.16. The number of ether oxygens (including phenoxy) is 1. The van der Waals surface area contributed by atoms with E-state index in [0.29, 0.717) is 12.5 Å². The molecule has 3 heterocycles. The van der Waals surface area contributed by atoms with Gasteiger partial charge in [0, 0.05) is 36.0 Å². The molecule has 0 atom stereocenters. The minimum atomic E-state index is 0.341. The maximum atomic E-state index is 6.16. The maximum absolute atomic E-state index is 6.16. The van der Waals surface area contributed by atoms with Gasteiger partial charge in [-0.2, -0.15) is 0 Å². The van der Waals surface area contributed by atoms with Crippen LogP contribution in [-0.4, -0.2) is 47.8 Å². The quantitative estimate of drug-likeness (QED) is 0.517. The standard InChI is InChI=1S/C28H33N5O/c1-18(2)24-15-29-27(17-32(4)5)31-28(24)33-10-11-34-26-9-8-20(13-23(26)16-33)21-6-7-22-12-19(3)30-25(22)14-21/h6-9,13-15,18H,10-12,16-17H2,1-5H3. The fourth-order valence-corrected chi connectivity index (χ4v) is 4.71. The topological polar surface area (TPSA) is 53.9 Å². The van der Waals surface area contributed by atoms with Gasteiger partial charge in [0.05, 0.1) is 18.8 Å². The molecular weight excluding hydrogens is 422 g/mol. The van der Waals surface area contributed by atoms with Gasteiger partial charge in [-0.3, -0.25) is 4.99 Å². The maximum Gasteiger partial charge on any atom is 0.144 e. The average molecular weight is 456 g/mol. The van der Waals surface area contributed by atoms with Crippen LogP contribution in [0.1, 0.15) is 49.2 Å². The van der Waals surface area contributed by atoms with E-state index in [9.17, 15) is 0 Å². The zero-order chi connectivity index (χ0) is 23.8. The lowest BCUT2D eigenvalue weighted by Crippen LogP contribution is -2.28. The number of fused-ring (bicyclic) bond motifs is 2. The molecule has 0 fully saturated rings. The number of aromatic nitrogens is 2. The van der Waals surface area contributed by atoms with Gasteiger partial charge in [0.25, 0.3) is 0 Å². The molecule has 0 saturated heterocycles. The summed E-state index contributed by atoms with van der Waals surface area (Å²) in [5.74, 6) is 3.16. The third kappa shape index (κ3) is 4.55. The van der Waals surface area contributed by atoms with Crippen LogP contribution in [0.2, 0.25) is 0 Å². The molecule has 0 saturated carbocycles. The van der Waals surface area contributed by atoms with Crippen molar-refractivity contribution in [2.24, 2.45) is 4.99 Å². The van der Waals surface area contributed by atoms with Crippen molar-refractivity contribution in [1.29, 1.82) is 0 Å². The van der Waals surface area contributed by atoms with Crippen LogP contribution in [0.4, 0.5) is 11.5 Å². The zero-order valence-corrected chi connectivity index (χ0v) is 20.8. The first-order valence-electron chi connectivity index (χ1n) is 12.1. The number of nitrogens with zero attached hydrogens (tertiary/aromatic N) is 5. The molecule has 0 radical (unpaired) electrons. The number of rotatable bonds is 5. The van der Waals surface area contributed by atoms with Crippen LogP contribution in [0, 0.1) is 0 Å². The highest BCUT2D eigenvalue weighted by Crippen LogP contribution is 2.36. The molecule has 2 aliphatic rings. The molecule has 34 heavy (non-hydrogen) atoms. The summed E-state index contributed by atoms with van der Waals surface area (Å²) in [6.45, 7) is 9.38. The molecule has 3 aromatic rings. The highest BCUT2D eigenvalue weighted by Gasteiger charge is 2.22. The van der Waals surface area contributed by atoms with Gasteiger partial charge in [-0.1, -0.05) is 32.0 Å². The summed E-state index contributed by atoms with van der Waals surface area (Å²) >= 11 is 0. The van der Waals surface area contributed by atoms with Crippen LogP contribution in [0.5, 0.6) is 5.75 Å². The Morgan fingerprint density at radius 2 is 1.85 bits per heavy atom. The van der Waals surface area contributed by atoms with E-state index in [4.69, 9.17) is 14.7 Å². The monoisotopic (exact) mass is 455 g/mol. The Kier molecular flexibility index (Phi) is 6.09. The SMILES string of the molecule is CC1=Nc2cc(-c3ccc4c(c3)CN(c3nc(CN(C)C)ncc3C(C)C)CCO4)ccc2C1. The van der Waals surface area contributed by atoms with Gasteiger partial charge in [-0.15, -0.1) is 0 Å². The fraction of sp³-hybridized carbons (Fsp3) is 0.393. The van der Waals surface area contributed by atoms with E-state index >= 15 is 0 Å². The summed E-state index contributed by atoms with van der Waals surface area (Å²) in [6, 6.07) is 13.1. The number of hydrogen-bond acceptors (Lipinski definition) is 6. The molecule has 0 amide bonds. The lowest BCUT2D eigenvalue weighted by Gasteiger charge is -2.25. The van der Waals surface area contributed by atoms with Crippen LogP contribution in [0.3, 0.4) is 0 Å². The van der Waals surface area contributed by atoms with E-state index in [2.05, 4.69) is 72.0 Å². The Hall–Kier alpha value is -3.25. The van der Waals surface area contributed by atoms with Crippen molar-refractivity contribution >= 4 is 17.2 Å². The molecule has 2 aromatic carbocycles. The van der Waals surface area contributed by atoms with E-state index in [-0.39, 0.29) is 0 Å². The van der Waals surface area contributed by atoms with Crippen molar-refractivity contribution in [3.05, 3.63) is 65.1 Å². The second-order valence-electron chi connectivity index (χ2n) is 9.92. The number of hydrogen-bond donors (Lipinski definition) is 0. The van der Waals surface area contributed by atoms with Crippen LogP contribution in [-0.2, 0) is 19.5 Å². The van der Waals surface area contributed by atoms with Crippen LogP contribution in [0.25, 0.3) is 11.1 Å². The van der Waals surface area contributed by atoms with Gasteiger partial charge in [0.2, 0.25) is 0 Å². The second kappa shape index (κ2) is 9.18. The molecule has 5 rings (SSSR count). The van der Waals surface area contributed by atoms with Gasteiger partial charge in [-0.05, 0) is 61.8 Å². The minimum Gasteiger partial charge on any atom is -0.491 e. The van der Waals surface area contributed by atoms with Crippen LogP contribution >= 0.6 is 0 Å². The molecule has 0 unspecified atom stereocenters. The zero-order valence-electron chi connectivity index (χ0n) is 20.8. The largest absolute Gasteiger partial charge is 0.491 e. The lowest BCUT2D eigenvalue weighted by atomic mass is 9.99. The molecule has 0 N–H and O–H groups in total. The molecule has 2 aliphatic heterocycles. The minimum absolute atomic E-state index is 0.341. The Bertz CT molecular complexity index is 1250. The van der Waals surface area contributed by atoms with Gasteiger partial charge in [0.15, 0.2) is 0 Å². The molecular formula is C28H33N5O. The van der Waals surface area contributed by atoms with E-state index in [1.165, 1.54) is 33.5 Å². The van der Waals surface area contributed by atoms with E-state index in [1.54, 1.807) is 0 Å². The third-order valence-corrected chi connectivity index (χ3v) is 6.44. The molecule has 6 nitrogen and oxygen atoms in total. The highest BCUT2D eigenvalue weighted by atomic mass is 16.5. The normalized spacial score (nSPS) is 15.1. The summed E-state index contributed by atoms with van der Waals surface area (Å²) in [6.07, 6.45) is 2.96. The van der Waals surface area contributed by atoms with E-state index < -0.39 is 0 Å². The lowest BCUT2D eigenvalue weighted by molar-refractivity contribution is 0.331. The molecule has 1 aromatic heterocycles. The second-order valence-corrected chi connectivity index (χ2v) is 9.92. The average Bonchev–Trinajstić information content (AvgIpc) is 3.04. The van der Waals surface area contributed by atoms with E-state index in [1.807, 2.05) is 20.3 Å². The summed E-state index contributed by atoms with van der Waals surface area (Å²) in [4.78, 5) is 18.8. The highest BCUT2D eigenvalue weighted by molar-refractivity contribution is 5.93. The Morgan fingerprint density at radius 1 is 1.06 bits per heavy atom. The number of anilines is 1. The van der Waals surface area contributed by atoms with Crippen molar-refractivity contribution in [3.8, 4) is 16.9 Å². The van der Waals surface area contributed by atoms with Crippen LogP contribution < -0.4 is 9.64 Å². The number of benzene rings is 2. The molecule has 6 heteroatoms. The molecule has 0 bridgehead atoms. The van der Waals surface area contributed by atoms with Gasteiger partial charge < -0.3 is 14.5 Å². The van der Waals surface area contributed by atoms with Gasteiger partial charge in [0.1, 0.15) is 24.0 Å². The molecule has 176 valence electrons. The fourth-order valence-electron chi connectivity index (χ4n) is 4.71. The van der Waals surface area contributed by atoms with Crippen molar-refractivity contribution < 1.29 is 4.74 Å². The predicted molar refractivity (Wildman–Crippen MR) is 138 cm³/mol. The first-order chi connectivity index (χ1) is 16.4. The van der Waals surface area contributed by atoms with E-state index in [0.717, 1.165) is 49.1 Å². The summed E-state index contributed by atoms with van der Waals surface area (Å²) in [5.41, 5.74) is 8.31. The van der Waals surface area contributed by atoms with Crippen molar-refractivity contribution in [2.75, 3.05) is 32.1 Å². The Balaban J connectivity index is 1.49. The van der Waals surface area contributed by atoms with Crippen molar-refractivity contribution in [2.45, 2.75) is 46.2 Å². The first-order valence-corrected chi connectivity index (χ1v) is 12.1. The summed E-state index contributed by atoms with van der Waals surface area (Å²) in [7, 11) is 4.09. The first kappa shape index (κ1) is 22.5. The number of aliphatic imine (C=N–C) groups is 1. The third-order valence-electron chi connectivity index (χ3n) is 6.44. The Labute approximate surface area is 202 Å². The smallest absolute Gasteiger partial charge is 0.144 e.